The summed E-state index contributed by atoms with van der Waals surface area (Å²) in [6, 6.07) is 6.82. The Kier molecular flexibility index (Phi) is 9.07. The van der Waals surface area contributed by atoms with Crippen molar-refractivity contribution in [1.82, 2.24) is 4.98 Å². The van der Waals surface area contributed by atoms with Gasteiger partial charge in [-0.15, -0.1) is 11.3 Å². The van der Waals surface area contributed by atoms with Crippen molar-refractivity contribution >= 4 is 34.7 Å². The van der Waals surface area contributed by atoms with Gasteiger partial charge in [-0.25, -0.2) is 22.9 Å². The number of urea groups is 1. The summed E-state index contributed by atoms with van der Waals surface area (Å²) < 4.78 is 39.9. The number of aryl methyl sites for hydroxylation is 1. The maximum Gasteiger partial charge on any atom is 1.00 e. The van der Waals surface area contributed by atoms with Gasteiger partial charge in [-0.3, -0.25) is 0 Å². The zero-order chi connectivity index (χ0) is 23.5. The van der Waals surface area contributed by atoms with Crippen molar-refractivity contribution in [3.05, 3.63) is 65.1 Å². The quantitative estimate of drug-likeness (QED) is 0.393. The molecule has 33 heavy (non-hydrogen) atoms. The van der Waals surface area contributed by atoms with Gasteiger partial charge in [-0.2, -0.15) is 0 Å². The molecule has 1 heterocycles. The smallest absolute Gasteiger partial charge is 0.550 e. The minimum atomic E-state index is -1.35. The van der Waals surface area contributed by atoms with E-state index in [-0.39, 0.29) is 29.6 Å². The average molecular weight is 485 g/mol. The number of hydrogen-bond donors (Lipinski definition) is 2. The van der Waals surface area contributed by atoms with Crippen LogP contribution in [-0.4, -0.2) is 17.0 Å². The Labute approximate surface area is 214 Å². The molecule has 0 spiro atoms. The van der Waals surface area contributed by atoms with Crippen molar-refractivity contribution in [3.8, 4) is 10.4 Å². The maximum absolute atomic E-state index is 13.6. The molecule has 0 bridgehead atoms. The number of hydrogen-bond acceptors (Lipinski definition) is 5. The molecule has 168 valence electrons. The molecular weight excluding hydrogens is 466 g/mol. The number of rotatable bonds is 7. The summed E-state index contributed by atoms with van der Waals surface area (Å²) in [4.78, 5) is 28.3. The third kappa shape index (κ3) is 7.04. The Morgan fingerprint density at radius 3 is 2.30 bits per heavy atom. The topological polar surface area (TPSA) is 94.2 Å². The second-order valence-corrected chi connectivity index (χ2v) is 8.81. The van der Waals surface area contributed by atoms with Crippen molar-refractivity contribution in [2.45, 2.75) is 26.7 Å². The summed E-state index contributed by atoms with van der Waals surface area (Å²) in [5.41, 5.74) is -0.195. The van der Waals surface area contributed by atoms with E-state index in [4.69, 9.17) is 0 Å². The number of benzene rings is 2. The van der Waals surface area contributed by atoms with Crippen LogP contribution in [0.5, 0.6) is 0 Å². The fourth-order valence-electron chi connectivity index (χ4n) is 2.70. The molecule has 3 rings (SSSR count). The molecule has 0 saturated heterocycles. The minimum Gasteiger partial charge on any atom is -0.550 e. The molecule has 0 unspecified atom stereocenters. The number of thiazole rings is 1. The van der Waals surface area contributed by atoms with Gasteiger partial charge in [0.25, 0.3) is 0 Å². The van der Waals surface area contributed by atoms with E-state index < -0.39 is 40.6 Å². The fraction of sp³-hybridized carbons (Fsp3) is 0.227. The van der Waals surface area contributed by atoms with Gasteiger partial charge < -0.3 is 20.5 Å². The van der Waals surface area contributed by atoms with E-state index in [1.54, 1.807) is 44.3 Å². The Balaban J connectivity index is 0.00000385. The van der Waals surface area contributed by atoms with E-state index in [2.05, 4.69) is 15.6 Å². The van der Waals surface area contributed by atoms with Crippen LogP contribution < -0.4 is 45.3 Å². The van der Waals surface area contributed by atoms with Gasteiger partial charge in [-0.1, -0.05) is 26.0 Å². The number of carboxylic acid groups (broad SMARTS) is 1. The number of carboxylic acids is 1. The summed E-state index contributed by atoms with van der Waals surface area (Å²) in [5.74, 6) is -4.83. The van der Waals surface area contributed by atoms with E-state index in [0.29, 0.717) is 30.7 Å². The van der Waals surface area contributed by atoms with Gasteiger partial charge in [0, 0.05) is 41.8 Å². The summed E-state index contributed by atoms with van der Waals surface area (Å²) in [6.45, 7) is 3.22. The summed E-state index contributed by atoms with van der Waals surface area (Å²) >= 11 is 1.43. The van der Waals surface area contributed by atoms with Gasteiger partial charge in [0.15, 0.2) is 11.6 Å². The summed E-state index contributed by atoms with van der Waals surface area (Å²) in [7, 11) is 0. The number of carbonyl (C=O) groups excluding carboxylic acids is 2. The van der Waals surface area contributed by atoms with Crippen LogP contribution in [0.4, 0.5) is 29.3 Å². The van der Waals surface area contributed by atoms with E-state index in [0.717, 1.165) is 15.4 Å². The molecule has 2 N–H and O–H groups in total. The SMILES string of the molecule is CC(C)(CCc1ncc(-c2ccc(NC(=O)Nc3cc(F)c(F)cc3F)cc2)s1)C(=O)[O-].[Na+]. The van der Waals surface area contributed by atoms with Gasteiger partial charge in [0.2, 0.25) is 0 Å². The van der Waals surface area contributed by atoms with Crippen LogP contribution in [0.2, 0.25) is 0 Å². The molecule has 0 aliphatic carbocycles. The number of aliphatic carboxylic acids is 1. The Hall–Kier alpha value is -2.40. The second-order valence-electron chi connectivity index (χ2n) is 7.69. The van der Waals surface area contributed by atoms with E-state index in [1.807, 2.05) is 0 Å². The van der Waals surface area contributed by atoms with Gasteiger partial charge in [0.1, 0.15) is 5.82 Å². The van der Waals surface area contributed by atoms with Crippen LogP contribution in [0, 0.1) is 22.9 Å². The molecule has 0 aliphatic heterocycles. The maximum atomic E-state index is 13.6. The molecular formula is C22H19F3N3NaO3S. The number of halogens is 3. The molecule has 11 heteroatoms. The van der Waals surface area contributed by atoms with Crippen LogP contribution in [-0.2, 0) is 11.2 Å². The first kappa shape index (κ1) is 26.8. The van der Waals surface area contributed by atoms with Crippen molar-refractivity contribution in [2.75, 3.05) is 10.6 Å². The van der Waals surface area contributed by atoms with Crippen molar-refractivity contribution in [2.24, 2.45) is 5.41 Å². The van der Waals surface area contributed by atoms with Crippen LogP contribution in [0.15, 0.2) is 42.6 Å². The summed E-state index contributed by atoms with van der Waals surface area (Å²) in [5, 5.41) is 16.5. The third-order valence-corrected chi connectivity index (χ3v) is 5.86. The molecule has 2 aromatic carbocycles. The third-order valence-electron chi connectivity index (χ3n) is 4.76. The molecule has 0 saturated carbocycles. The second kappa shape index (κ2) is 11.1. The molecule has 0 atom stereocenters. The first-order valence-electron chi connectivity index (χ1n) is 9.54. The standard InChI is InChI=1S/C22H20F3N3O3S.Na/c1-22(2,20(29)30)8-7-19-26-11-18(32-19)12-3-5-13(6-4-12)27-21(31)28-17-10-15(24)14(23)9-16(17)25;/h3-6,9-11H,7-8H2,1-2H3,(H,29,30)(H2,27,28,31);/q;+1/p-1. The zero-order valence-electron chi connectivity index (χ0n) is 18.2. The number of nitrogens with one attached hydrogen (secondary N) is 2. The van der Waals surface area contributed by atoms with Gasteiger partial charge in [-0.05, 0) is 24.1 Å². The number of aromatic nitrogens is 1. The molecule has 3 aromatic rings. The zero-order valence-corrected chi connectivity index (χ0v) is 21.0. The largest absolute Gasteiger partial charge is 1.00 e. The first-order chi connectivity index (χ1) is 15.0. The van der Waals surface area contributed by atoms with Crippen LogP contribution in [0.3, 0.4) is 0 Å². The molecule has 0 radical (unpaired) electrons. The van der Waals surface area contributed by atoms with E-state index in [9.17, 15) is 27.9 Å². The number of amides is 2. The predicted molar refractivity (Wildman–Crippen MR) is 114 cm³/mol. The van der Waals surface area contributed by atoms with Crippen molar-refractivity contribution in [1.29, 1.82) is 0 Å². The Morgan fingerprint density at radius 2 is 1.67 bits per heavy atom. The molecule has 0 fully saturated rings. The predicted octanol–water partition coefficient (Wildman–Crippen LogP) is 1.58. The van der Waals surface area contributed by atoms with Crippen LogP contribution in [0.1, 0.15) is 25.3 Å². The average Bonchev–Trinajstić information content (AvgIpc) is 3.20. The molecule has 6 nitrogen and oxygen atoms in total. The Bertz CT molecular complexity index is 1150. The summed E-state index contributed by atoms with van der Waals surface area (Å²) in [6.07, 6.45) is 2.60. The van der Waals surface area contributed by atoms with E-state index in [1.165, 1.54) is 11.3 Å². The number of nitrogens with zero attached hydrogens (tertiary/aromatic N) is 1. The Morgan fingerprint density at radius 1 is 1.03 bits per heavy atom. The van der Waals surface area contributed by atoms with E-state index >= 15 is 0 Å². The fourth-order valence-corrected chi connectivity index (χ4v) is 3.62. The number of carbonyl (C=O) groups is 2. The molecule has 0 aliphatic rings. The first-order valence-corrected chi connectivity index (χ1v) is 10.4. The molecule has 2 amide bonds. The van der Waals surface area contributed by atoms with Gasteiger partial charge in [0.05, 0.1) is 15.6 Å². The molecule has 1 aromatic heterocycles. The normalized spacial score (nSPS) is 10.9. The van der Waals surface area contributed by atoms with Crippen LogP contribution >= 0.6 is 11.3 Å². The van der Waals surface area contributed by atoms with Crippen molar-refractivity contribution in [3.63, 3.8) is 0 Å². The van der Waals surface area contributed by atoms with Crippen LogP contribution in [0.25, 0.3) is 10.4 Å². The van der Waals surface area contributed by atoms with Crippen molar-refractivity contribution < 1.29 is 57.4 Å². The monoisotopic (exact) mass is 485 g/mol. The van der Waals surface area contributed by atoms with Gasteiger partial charge >= 0.3 is 35.6 Å². The number of anilines is 2. The minimum absolute atomic E-state index is 0.